The second-order valence-corrected chi connectivity index (χ2v) is 4.54. The third-order valence-electron chi connectivity index (χ3n) is 3.03. The third-order valence-corrected chi connectivity index (χ3v) is 3.03. The first-order valence-corrected chi connectivity index (χ1v) is 6.26. The van der Waals surface area contributed by atoms with E-state index < -0.39 is 0 Å². The molecule has 3 heteroatoms. The van der Waals surface area contributed by atoms with E-state index in [4.69, 9.17) is 0 Å². The Labute approximate surface area is 107 Å². The summed E-state index contributed by atoms with van der Waals surface area (Å²) < 4.78 is 1.76. The molecule has 0 aliphatic rings. The number of ketones is 1. The van der Waals surface area contributed by atoms with Crippen molar-refractivity contribution in [1.82, 2.24) is 9.78 Å². The van der Waals surface area contributed by atoms with Gasteiger partial charge < -0.3 is 0 Å². The van der Waals surface area contributed by atoms with E-state index in [-0.39, 0.29) is 5.78 Å². The van der Waals surface area contributed by atoms with Gasteiger partial charge in [0, 0.05) is 14.0 Å². The van der Waals surface area contributed by atoms with Crippen LogP contribution in [0, 0.1) is 0 Å². The number of hydrogen-bond donors (Lipinski definition) is 0. The van der Waals surface area contributed by atoms with Gasteiger partial charge in [-0.2, -0.15) is 5.10 Å². The van der Waals surface area contributed by atoms with Crippen LogP contribution in [0.3, 0.4) is 0 Å². The summed E-state index contributed by atoms with van der Waals surface area (Å²) in [6, 6.07) is 10.3. The van der Waals surface area contributed by atoms with Gasteiger partial charge in [0.1, 0.15) is 5.69 Å². The minimum absolute atomic E-state index is 0.000506. The van der Waals surface area contributed by atoms with E-state index in [2.05, 4.69) is 36.3 Å². The van der Waals surface area contributed by atoms with Gasteiger partial charge in [0.05, 0.1) is 5.69 Å². The molecule has 1 aromatic carbocycles. The molecule has 0 aliphatic carbocycles. The fourth-order valence-corrected chi connectivity index (χ4v) is 2.04. The topological polar surface area (TPSA) is 34.9 Å². The molecule has 0 N–H and O–H groups in total. The minimum Gasteiger partial charge on any atom is -0.293 e. The van der Waals surface area contributed by atoms with Crippen molar-refractivity contribution in [2.24, 2.45) is 7.05 Å². The molecule has 1 heterocycles. The van der Waals surface area contributed by atoms with Gasteiger partial charge in [-0.05, 0) is 23.6 Å². The molecule has 1 aromatic heterocycles. The second-order valence-electron chi connectivity index (χ2n) is 4.54. The third kappa shape index (κ3) is 2.50. The molecule has 0 saturated carbocycles. The van der Waals surface area contributed by atoms with Crippen LogP contribution in [0.2, 0.25) is 0 Å². The van der Waals surface area contributed by atoms with Crippen LogP contribution in [-0.4, -0.2) is 15.6 Å². The molecular formula is C15H18N2O. The first kappa shape index (κ1) is 12.6. The van der Waals surface area contributed by atoms with Crippen LogP contribution >= 0.6 is 0 Å². The van der Waals surface area contributed by atoms with Gasteiger partial charge in [-0.3, -0.25) is 9.48 Å². The molecule has 0 fully saturated rings. The maximum absolute atomic E-state index is 11.3. The highest BCUT2D eigenvalue weighted by molar-refractivity contribution is 5.93. The molecular weight excluding hydrogens is 224 g/mol. The lowest BCUT2D eigenvalue weighted by Gasteiger charge is -2.03. The average molecular weight is 242 g/mol. The van der Waals surface area contributed by atoms with Crippen molar-refractivity contribution in [1.29, 1.82) is 0 Å². The minimum atomic E-state index is -0.000506. The molecule has 0 amide bonds. The van der Waals surface area contributed by atoms with Gasteiger partial charge in [-0.15, -0.1) is 0 Å². The normalized spacial score (nSPS) is 10.6. The van der Waals surface area contributed by atoms with Crippen LogP contribution in [0.1, 0.15) is 36.3 Å². The zero-order valence-corrected chi connectivity index (χ0v) is 11.1. The predicted octanol–water partition coefficient (Wildman–Crippen LogP) is 3.24. The maximum Gasteiger partial charge on any atom is 0.180 e. The summed E-state index contributed by atoms with van der Waals surface area (Å²) in [5, 5.41) is 4.21. The first-order valence-electron chi connectivity index (χ1n) is 6.26. The van der Waals surface area contributed by atoms with Gasteiger partial charge in [0.15, 0.2) is 5.78 Å². The number of nitrogens with zero attached hydrogens (tertiary/aromatic N) is 2. The van der Waals surface area contributed by atoms with Gasteiger partial charge in [0.2, 0.25) is 0 Å². The lowest BCUT2D eigenvalue weighted by molar-refractivity contribution is 0.101. The Morgan fingerprint density at radius 2 is 1.94 bits per heavy atom. The van der Waals surface area contributed by atoms with Crippen LogP contribution in [-0.2, 0) is 13.5 Å². The Bertz CT molecular complexity index is 552. The van der Waals surface area contributed by atoms with E-state index in [9.17, 15) is 4.79 Å². The number of carbonyl (C=O) groups excluding carboxylic acids is 1. The molecule has 0 bridgehead atoms. The Morgan fingerprint density at radius 3 is 2.44 bits per heavy atom. The van der Waals surface area contributed by atoms with Crippen LogP contribution in [0.25, 0.3) is 11.3 Å². The summed E-state index contributed by atoms with van der Waals surface area (Å²) in [7, 11) is 1.86. The van der Waals surface area contributed by atoms with Crippen LogP contribution in [0.15, 0.2) is 30.3 Å². The molecule has 2 aromatic rings. The van der Waals surface area contributed by atoms with Gasteiger partial charge >= 0.3 is 0 Å². The summed E-state index contributed by atoms with van der Waals surface area (Å²) in [6.07, 6.45) is 2.25. The fourth-order valence-electron chi connectivity index (χ4n) is 2.04. The molecule has 0 atom stereocenters. The standard InChI is InChI=1S/C15H18N2O/c1-4-5-12-6-8-13(9-7-12)15-10-14(11(2)18)16-17(15)3/h6-10H,4-5H2,1-3H3. The van der Waals surface area contributed by atoms with Crippen LogP contribution in [0.4, 0.5) is 0 Å². The number of Topliss-reactive ketones (excluding diaryl/α,β-unsaturated/α-hetero) is 1. The Balaban J connectivity index is 2.33. The highest BCUT2D eigenvalue weighted by Gasteiger charge is 2.10. The maximum atomic E-state index is 11.3. The smallest absolute Gasteiger partial charge is 0.180 e. The van der Waals surface area contributed by atoms with E-state index in [1.54, 1.807) is 4.68 Å². The molecule has 18 heavy (non-hydrogen) atoms. The first-order chi connectivity index (χ1) is 8.61. The van der Waals surface area contributed by atoms with Crippen molar-refractivity contribution in [2.45, 2.75) is 26.7 Å². The number of hydrogen-bond acceptors (Lipinski definition) is 2. The van der Waals surface area contributed by atoms with E-state index in [0.29, 0.717) is 5.69 Å². The number of aryl methyl sites for hydroxylation is 2. The monoisotopic (exact) mass is 242 g/mol. The predicted molar refractivity (Wildman–Crippen MR) is 72.6 cm³/mol. The molecule has 0 saturated heterocycles. The summed E-state index contributed by atoms with van der Waals surface area (Å²) in [4.78, 5) is 11.3. The molecule has 3 nitrogen and oxygen atoms in total. The average Bonchev–Trinajstić information content (AvgIpc) is 2.73. The molecule has 2 rings (SSSR count). The van der Waals surface area contributed by atoms with Crippen molar-refractivity contribution >= 4 is 5.78 Å². The van der Waals surface area contributed by atoms with Crippen molar-refractivity contribution < 1.29 is 4.79 Å². The summed E-state index contributed by atoms with van der Waals surface area (Å²) >= 11 is 0. The zero-order valence-electron chi connectivity index (χ0n) is 11.1. The van der Waals surface area contributed by atoms with Crippen LogP contribution < -0.4 is 0 Å². The van der Waals surface area contributed by atoms with Gasteiger partial charge in [-0.25, -0.2) is 0 Å². The fraction of sp³-hybridized carbons (Fsp3) is 0.333. The van der Waals surface area contributed by atoms with E-state index >= 15 is 0 Å². The lowest BCUT2D eigenvalue weighted by atomic mass is 10.1. The zero-order chi connectivity index (χ0) is 13.1. The molecule has 0 radical (unpaired) electrons. The number of benzene rings is 1. The highest BCUT2D eigenvalue weighted by atomic mass is 16.1. The molecule has 0 spiro atoms. The number of carbonyl (C=O) groups is 1. The molecule has 0 unspecified atom stereocenters. The number of rotatable bonds is 4. The quantitative estimate of drug-likeness (QED) is 0.771. The highest BCUT2D eigenvalue weighted by Crippen LogP contribution is 2.21. The van der Waals surface area contributed by atoms with Gasteiger partial charge in [-0.1, -0.05) is 37.6 Å². The van der Waals surface area contributed by atoms with Crippen molar-refractivity contribution in [3.05, 3.63) is 41.6 Å². The summed E-state index contributed by atoms with van der Waals surface area (Å²) in [5.74, 6) is -0.000506. The van der Waals surface area contributed by atoms with Crippen molar-refractivity contribution in [2.75, 3.05) is 0 Å². The van der Waals surface area contributed by atoms with Gasteiger partial charge in [0.25, 0.3) is 0 Å². The molecule has 94 valence electrons. The second kappa shape index (κ2) is 5.17. The van der Waals surface area contributed by atoms with Crippen LogP contribution in [0.5, 0.6) is 0 Å². The van der Waals surface area contributed by atoms with Crippen molar-refractivity contribution in [3.8, 4) is 11.3 Å². The Morgan fingerprint density at radius 1 is 1.28 bits per heavy atom. The largest absolute Gasteiger partial charge is 0.293 e. The number of aromatic nitrogens is 2. The SMILES string of the molecule is CCCc1ccc(-c2cc(C(C)=O)nn2C)cc1. The van der Waals surface area contributed by atoms with E-state index in [1.807, 2.05) is 13.1 Å². The lowest BCUT2D eigenvalue weighted by Crippen LogP contribution is -1.97. The molecule has 0 aliphatic heterocycles. The Hall–Kier alpha value is -1.90. The summed E-state index contributed by atoms with van der Waals surface area (Å²) in [5.41, 5.74) is 3.93. The van der Waals surface area contributed by atoms with E-state index in [1.165, 1.54) is 12.5 Å². The van der Waals surface area contributed by atoms with E-state index in [0.717, 1.165) is 24.1 Å². The summed E-state index contributed by atoms with van der Waals surface area (Å²) in [6.45, 7) is 3.71. The Kier molecular flexibility index (Phi) is 3.60. The van der Waals surface area contributed by atoms with Crippen molar-refractivity contribution in [3.63, 3.8) is 0 Å².